The summed E-state index contributed by atoms with van der Waals surface area (Å²) in [4.78, 5) is 33.3. The molecule has 0 bridgehead atoms. The molecular weight excluding hydrogens is 472 g/mol. The van der Waals surface area contributed by atoms with E-state index in [1.165, 1.54) is 17.8 Å². The first-order valence-corrected chi connectivity index (χ1v) is 10.5. The van der Waals surface area contributed by atoms with Gasteiger partial charge in [0, 0.05) is 51.1 Å². The molecule has 0 unspecified atom stereocenters. The monoisotopic (exact) mass is 495 g/mol. The number of benzene rings is 1. The molecule has 0 radical (unpaired) electrons. The third-order valence-corrected chi connectivity index (χ3v) is 4.60. The number of aliphatic imine (C=N–C) groups is 1. The van der Waals surface area contributed by atoms with Gasteiger partial charge in [-0.05, 0) is 25.6 Å². The minimum absolute atomic E-state index is 0.0118. The molecule has 0 aliphatic heterocycles. The van der Waals surface area contributed by atoms with Crippen molar-refractivity contribution >= 4 is 36.5 Å². The number of rotatable bonds is 13. The number of aliphatic hydroxyl groups is 1. The van der Waals surface area contributed by atoms with Crippen LogP contribution in [0, 0.1) is 11.6 Å². The summed E-state index contributed by atoms with van der Waals surface area (Å²) in [5, 5.41) is 12.2. The molecule has 0 aliphatic rings. The minimum atomic E-state index is -0.852. The summed E-state index contributed by atoms with van der Waals surface area (Å²) < 4.78 is 34.3. The van der Waals surface area contributed by atoms with Gasteiger partial charge in [-0.1, -0.05) is 17.7 Å². The summed E-state index contributed by atoms with van der Waals surface area (Å²) in [6.07, 6.45) is 5.50. The maximum atomic E-state index is 13.6. The maximum absolute atomic E-state index is 13.6. The second kappa shape index (κ2) is 13.2. The Morgan fingerprint density at radius 2 is 2.09 bits per heavy atom. The fourth-order valence-corrected chi connectivity index (χ4v) is 3.07. The molecular formula is C22H24ClF2N5O4. The van der Waals surface area contributed by atoms with Crippen LogP contribution < -0.4 is 10.1 Å². The molecule has 1 heterocycles. The fraction of sp³-hybridized carbons (Fsp3) is 0.273. The van der Waals surface area contributed by atoms with Gasteiger partial charge in [0.15, 0.2) is 11.5 Å². The van der Waals surface area contributed by atoms with Gasteiger partial charge in [0.05, 0.1) is 5.03 Å². The fourth-order valence-electron chi connectivity index (χ4n) is 2.91. The van der Waals surface area contributed by atoms with E-state index in [1.54, 1.807) is 12.2 Å². The van der Waals surface area contributed by atoms with E-state index in [1.807, 2.05) is 0 Å². The average molecular weight is 496 g/mol. The molecule has 0 aliphatic carbocycles. The van der Waals surface area contributed by atoms with E-state index >= 15 is 0 Å². The largest absolute Gasteiger partial charge is 0.425 e. The van der Waals surface area contributed by atoms with Crippen LogP contribution >= 0.6 is 11.6 Å². The van der Waals surface area contributed by atoms with Gasteiger partial charge < -0.3 is 15.2 Å². The van der Waals surface area contributed by atoms with E-state index in [0.29, 0.717) is 23.9 Å². The van der Waals surface area contributed by atoms with Gasteiger partial charge in [-0.25, -0.2) is 8.78 Å². The van der Waals surface area contributed by atoms with E-state index in [4.69, 9.17) is 21.4 Å². The first kappa shape index (κ1) is 26.7. The highest BCUT2D eigenvalue weighted by atomic mass is 35.5. The number of imidazole rings is 1. The topological polar surface area (TPSA) is 109 Å². The van der Waals surface area contributed by atoms with Crippen LogP contribution in [0.2, 0.25) is 0 Å². The lowest BCUT2D eigenvalue weighted by molar-refractivity contribution is -0.116. The Kier molecular flexibility index (Phi) is 10.4. The first-order valence-electron chi connectivity index (χ1n) is 10.1. The van der Waals surface area contributed by atoms with Crippen molar-refractivity contribution in [2.45, 2.75) is 19.4 Å². The molecule has 0 spiro atoms. The van der Waals surface area contributed by atoms with Crippen LogP contribution in [0.4, 0.5) is 14.6 Å². The van der Waals surface area contributed by atoms with Crippen molar-refractivity contribution in [2.75, 3.05) is 25.5 Å². The highest BCUT2D eigenvalue weighted by molar-refractivity contribution is 6.31. The smallest absolute Gasteiger partial charge is 0.304 e. The number of halogens is 3. The molecule has 2 rings (SSSR count). The second-order valence-corrected chi connectivity index (χ2v) is 7.21. The summed E-state index contributed by atoms with van der Waals surface area (Å²) in [6.45, 7) is 3.21. The molecule has 9 nitrogen and oxygen atoms in total. The number of ether oxygens (including phenoxy) is 1. The second-order valence-electron chi connectivity index (χ2n) is 6.77. The number of carbonyl (C=O) groups excluding carboxylic acids is 2. The number of anilines is 1. The Morgan fingerprint density at radius 1 is 1.38 bits per heavy atom. The Labute approximate surface area is 200 Å². The molecule has 1 aromatic carbocycles. The van der Waals surface area contributed by atoms with E-state index in [9.17, 15) is 18.4 Å². The van der Waals surface area contributed by atoms with Gasteiger partial charge in [0.1, 0.15) is 17.4 Å². The van der Waals surface area contributed by atoms with Gasteiger partial charge >= 0.3 is 6.01 Å². The lowest BCUT2D eigenvalue weighted by atomic mass is 10.3. The van der Waals surface area contributed by atoms with Gasteiger partial charge in [0.2, 0.25) is 6.41 Å². The number of aliphatic hydroxyl groups excluding tert-OH is 1. The lowest BCUT2D eigenvalue weighted by Gasteiger charge is -2.17. The highest BCUT2D eigenvalue weighted by Crippen LogP contribution is 2.29. The molecule has 1 aromatic heterocycles. The number of hydrogen-bond acceptors (Lipinski definition) is 7. The molecule has 182 valence electrons. The lowest BCUT2D eigenvalue weighted by Crippen LogP contribution is -2.33. The average Bonchev–Trinajstić information content (AvgIpc) is 3.13. The Bertz CT molecular complexity index is 1070. The number of imide groups is 1. The van der Waals surface area contributed by atoms with Crippen molar-refractivity contribution in [3.63, 3.8) is 0 Å². The molecule has 2 N–H and O–H groups in total. The third-order valence-electron chi connectivity index (χ3n) is 4.37. The third kappa shape index (κ3) is 7.22. The van der Waals surface area contributed by atoms with Gasteiger partial charge in [-0.15, -0.1) is 0 Å². The Balaban J connectivity index is 2.48. The van der Waals surface area contributed by atoms with Crippen molar-refractivity contribution in [3.8, 4) is 11.8 Å². The van der Waals surface area contributed by atoms with Crippen LogP contribution in [-0.2, 0) is 11.3 Å². The van der Waals surface area contributed by atoms with E-state index in [-0.39, 0.29) is 49.4 Å². The standard InChI is InChI=1S/C22H24ClF2N5O4/c1-26-13-15(23)6-3-4-8-30-19(21(33)29(14-32)7-5-9-31)20(27-2)28-22(30)34-18-11-16(24)10-17(25)12-18/h3,6,10-14,27,31H,1,4-5,7-9H2,2H3/b6-3-,15-13+. The predicted octanol–water partition coefficient (Wildman–Crippen LogP) is 3.70. The summed E-state index contributed by atoms with van der Waals surface area (Å²) in [5.41, 5.74) is -0.0118. The Morgan fingerprint density at radius 3 is 2.68 bits per heavy atom. The molecule has 0 saturated heterocycles. The van der Waals surface area contributed by atoms with Crippen molar-refractivity contribution < 1.29 is 28.2 Å². The quantitative estimate of drug-likeness (QED) is 0.249. The molecule has 0 atom stereocenters. The first-order chi connectivity index (χ1) is 16.3. The molecule has 2 amide bonds. The molecule has 0 fully saturated rings. The van der Waals surface area contributed by atoms with Crippen LogP contribution in [0.5, 0.6) is 11.8 Å². The van der Waals surface area contributed by atoms with E-state index in [2.05, 4.69) is 22.0 Å². The summed E-state index contributed by atoms with van der Waals surface area (Å²) in [6, 6.07) is 2.49. The number of hydrogen-bond donors (Lipinski definition) is 2. The molecule has 0 saturated carbocycles. The van der Waals surface area contributed by atoms with E-state index in [0.717, 1.165) is 17.0 Å². The Hall–Kier alpha value is -3.57. The molecule has 34 heavy (non-hydrogen) atoms. The number of carbonyl (C=O) groups is 2. The zero-order valence-corrected chi connectivity index (χ0v) is 19.1. The van der Waals surface area contributed by atoms with Gasteiger partial charge in [-0.2, -0.15) is 4.98 Å². The molecule has 2 aromatic rings. The van der Waals surface area contributed by atoms with Crippen LogP contribution in [0.1, 0.15) is 23.3 Å². The maximum Gasteiger partial charge on any atom is 0.304 e. The van der Waals surface area contributed by atoms with Crippen molar-refractivity contribution in [1.82, 2.24) is 14.5 Å². The van der Waals surface area contributed by atoms with E-state index < -0.39 is 17.5 Å². The number of aromatic nitrogens is 2. The van der Waals surface area contributed by atoms with Crippen molar-refractivity contribution in [3.05, 3.63) is 58.9 Å². The SMILES string of the molecule is C=N/C=C(Cl)\C=C/CCn1c(Oc2cc(F)cc(F)c2)nc(NC)c1C(=O)N(C=O)CCCO. The van der Waals surface area contributed by atoms with Crippen LogP contribution in [0.15, 0.2) is 46.6 Å². The minimum Gasteiger partial charge on any atom is -0.425 e. The van der Waals surface area contributed by atoms with Crippen LogP contribution in [0.3, 0.4) is 0 Å². The molecule has 12 heteroatoms. The number of allylic oxidation sites excluding steroid dienone is 3. The zero-order valence-electron chi connectivity index (χ0n) is 18.4. The van der Waals surface area contributed by atoms with Crippen molar-refractivity contribution in [1.29, 1.82) is 0 Å². The van der Waals surface area contributed by atoms with Crippen LogP contribution in [-0.4, -0.2) is 58.8 Å². The summed E-state index contributed by atoms with van der Waals surface area (Å²) >= 11 is 5.94. The summed E-state index contributed by atoms with van der Waals surface area (Å²) in [5.74, 6) is -2.48. The predicted molar refractivity (Wildman–Crippen MR) is 124 cm³/mol. The van der Waals surface area contributed by atoms with Gasteiger partial charge in [-0.3, -0.25) is 24.0 Å². The number of nitrogens with zero attached hydrogens (tertiary/aromatic N) is 4. The highest BCUT2D eigenvalue weighted by Gasteiger charge is 2.27. The van der Waals surface area contributed by atoms with Crippen LogP contribution in [0.25, 0.3) is 0 Å². The summed E-state index contributed by atoms with van der Waals surface area (Å²) in [7, 11) is 1.51. The van der Waals surface area contributed by atoms with Crippen molar-refractivity contribution in [2.24, 2.45) is 4.99 Å². The van der Waals surface area contributed by atoms with Gasteiger partial charge in [0.25, 0.3) is 5.91 Å². The normalized spacial score (nSPS) is 11.5. The number of nitrogens with one attached hydrogen (secondary N) is 1. The zero-order chi connectivity index (χ0) is 25.1. The number of amides is 2.